The normalized spacial score (nSPS) is 19.5. The minimum atomic E-state index is -0.473. The summed E-state index contributed by atoms with van der Waals surface area (Å²) in [6.07, 6.45) is 1.61. The van der Waals surface area contributed by atoms with Crippen LogP contribution < -0.4 is 11.1 Å². The number of amides is 2. The number of piperidine rings is 1. The molecule has 104 valence electrons. The molecule has 5 heteroatoms. The molecule has 1 atom stereocenters. The van der Waals surface area contributed by atoms with Crippen molar-refractivity contribution in [3.63, 3.8) is 0 Å². The molecule has 1 saturated heterocycles. The molecule has 0 aromatic carbocycles. The van der Waals surface area contributed by atoms with Gasteiger partial charge in [-0.3, -0.25) is 9.59 Å². The second-order valence-corrected chi connectivity index (χ2v) is 6.11. The highest BCUT2D eigenvalue weighted by atomic mass is 16.2. The number of carbonyl (C=O) groups excluding carboxylic acids is 2. The summed E-state index contributed by atoms with van der Waals surface area (Å²) >= 11 is 0. The number of nitrogens with two attached hydrogens (primary N) is 1. The van der Waals surface area contributed by atoms with Gasteiger partial charge in [0.15, 0.2) is 0 Å². The van der Waals surface area contributed by atoms with Crippen molar-refractivity contribution in [1.82, 2.24) is 10.2 Å². The van der Waals surface area contributed by atoms with Crippen LogP contribution in [0.25, 0.3) is 0 Å². The second-order valence-electron chi connectivity index (χ2n) is 6.11. The quantitative estimate of drug-likeness (QED) is 0.754. The molecule has 3 N–H and O–H groups in total. The molecule has 18 heavy (non-hydrogen) atoms. The predicted molar refractivity (Wildman–Crippen MR) is 70.8 cm³/mol. The summed E-state index contributed by atoms with van der Waals surface area (Å²) in [5.74, 6) is 0.0649. The van der Waals surface area contributed by atoms with Crippen LogP contribution in [0, 0.1) is 5.41 Å². The van der Waals surface area contributed by atoms with E-state index in [9.17, 15) is 9.59 Å². The minimum Gasteiger partial charge on any atom is -0.352 e. The number of nitrogens with zero attached hydrogens (tertiary/aromatic N) is 1. The Morgan fingerprint density at radius 2 is 1.78 bits per heavy atom. The molecule has 5 nitrogen and oxygen atoms in total. The van der Waals surface area contributed by atoms with Gasteiger partial charge < -0.3 is 16.0 Å². The van der Waals surface area contributed by atoms with Gasteiger partial charge in [0.25, 0.3) is 0 Å². The predicted octanol–water partition coefficient (Wildman–Crippen LogP) is 0.487. The fourth-order valence-corrected chi connectivity index (χ4v) is 2.03. The number of nitrogens with one attached hydrogen (secondary N) is 1. The van der Waals surface area contributed by atoms with Crippen molar-refractivity contribution >= 4 is 11.8 Å². The van der Waals surface area contributed by atoms with Crippen LogP contribution in [0.3, 0.4) is 0 Å². The lowest BCUT2D eigenvalue weighted by molar-refractivity contribution is -0.140. The fourth-order valence-electron chi connectivity index (χ4n) is 2.03. The molecular formula is C13H25N3O2. The first-order chi connectivity index (χ1) is 8.21. The SMILES string of the molecule is CC(N)C(=O)NC1CCN(C(=O)C(C)(C)C)CC1. The van der Waals surface area contributed by atoms with Crippen molar-refractivity contribution in [2.45, 2.75) is 52.6 Å². The van der Waals surface area contributed by atoms with Crippen molar-refractivity contribution in [1.29, 1.82) is 0 Å². The topological polar surface area (TPSA) is 75.4 Å². The van der Waals surface area contributed by atoms with Gasteiger partial charge >= 0.3 is 0 Å². The van der Waals surface area contributed by atoms with Gasteiger partial charge in [0.2, 0.25) is 11.8 Å². The Bertz CT molecular complexity index is 313. The Labute approximate surface area is 109 Å². The highest BCUT2D eigenvalue weighted by Gasteiger charge is 2.30. The monoisotopic (exact) mass is 255 g/mol. The molecule has 0 aliphatic carbocycles. The summed E-state index contributed by atoms with van der Waals surface area (Å²) in [6.45, 7) is 8.88. The van der Waals surface area contributed by atoms with Crippen molar-refractivity contribution in [2.24, 2.45) is 11.1 Å². The molecule has 1 rings (SSSR count). The zero-order valence-corrected chi connectivity index (χ0v) is 11.8. The van der Waals surface area contributed by atoms with Crippen molar-refractivity contribution < 1.29 is 9.59 Å². The summed E-state index contributed by atoms with van der Waals surface area (Å²) < 4.78 is 0. The van der Waals surface area contributed by atoms with E-state index in [1.54, 1.807) is 6.92 Å². The Morgan fingerprint density at radius 3 is 2.17 bits per heavy atom. The maximum absolute atomic E-state index is 12.1. The maximum Gasteiger partial charge on any atom is 0.236 e. The number of hydrogen-bond acceptors (Lipinski definition) is 3. The Kier molecular flexibility index (Phi) is 4.73. The average Bonchev–Trinajstić information content (AvgIpc) is 2.27. The van der Waals surface area contributed by atoms with Crippen molar-refractivity contribution in [2.75, 3.05) is 13.1 Å². The molecule has 1 aliphatic heterocycles. The molecule has 0 radical (unpaired) electrons. The lowest BCUT2D eigenvalue weighted by atomic mass is 9.93. The summed E-state index contributed by atoms with van der Waals surface area (Å²) in [4.78, 5) is 25.4. The standard InChI is InChI=1S/C13H25N3O2/c1-9(14)11(17)15-10-5-7-16(8-6-10)12(18)13(2,3)4/h9-10H,5-8,14H2,1-4H3,(H,15,17). The molecule has 1 fully saturated rings. The number of carbonyl (C=O) groups is 2. The molecule has 0 spiro atoms. The summed E-state index contributed by atoms with van der Waals surface area (Å²) in [5, 5.41) is 2.91. The summed E-state index contributed by atoms with van der Waals surface area (Å²) in [6, 6.07) is -0.327. The number of likely N-dealkylation sites (tertiary alicyclic amines) is 1. The first kappa shape index (κ1) is 15.0. The third kappa shape index (κ3) is 3.98. The third-order valence-corrected chi connectivity index (χ3v) is 3.18. The first-order valence-electron chi connectivity index (χ1n) is 6.57. The van der Waals surface area contributed by atoms with E-state index in [1.807, 2.05) is 25.7 Å². The molecule has 0 bridgehead atoms. The molecule has 0 aromatic rings. The van der Waals surface area contributed by atoms with Crippen LogP contribution in [0.1, 0.15) is 40.5 Å². The number of rotatable bonds is 2. The highest BCUT2D eigenvalue weighted by Crippen LogP contribution is 2.20. The Balaban J connectivity index is 2.42. The third-order valence-electron chi connectivity index (χ3n) is 3.18. The molecule has 1 heterocycles. The van der Waals surface area contributed by atoms with E-state index in [2.05, 4.69) is 5.32 Å². The zero-order chi connectivity index (χ0) is 13.9. The van der Waals surface area contributed by atoms with Crippen molar-refractivity contribution in [3.05, 3.63) is 0 Å². The van der Waals surface area contributed by atoms with Crippen LogP contribution in [-0.2, 0) is 9.59 Å². The first-order valence-corrected chi connectivity index (χ1v) is 6.57. The molecule has 0 aromatic heterocycles. The van der Waals surface area contributed by atoms with Crippen LogP contribution >= 0.6 is 0 Å². The lowest BCUT2D eigenvalue weighted by Crippen LogP contribution is -2.51. The maximum atomic E-state index is 12.1. The van der Waals surface area contributed by atoms with Crippen LogP contribution in [0.4, 0.5) is 0 Å². The van der Waals surface area contributed by atoms with E-state index in [0.29, 0.717) is 13.1 Å². The van der Waals surface area contributed by atoms with E-state index < -0.39 is 6.04 Å². The molecule has 2 amide bonds. The summed E-state index contributed by atoms with van der Waals surface area (Å²) in [5.41, 5.74) is 5.18. The minimum absolute atomic E-state index is 0.115. The second kappa shape index (κ2) is 5.69. The van der Waals surface area contributed by atoms with E-state index in [1.165, 1.54) is 0 Å². The molecular weight excluding hydrogens is 230 g/mol. The van der Waals surface area contributed by atoms with E-state index in [0.717, 1.165) is 12.8 Å². The summed E-state index contributed by atoms with van der Waals surface area (Å²) in [7, 11) is 0. The van der Waals surface area contributed by atoms with Crippen LogP contribution in [0.15, 0.2) is 0 Å². The van der Waals surface area contributed by atoms with Gasteiger partial charge in [-0.2, -0.15) is 0 Å². The fraction of sp³-hybridized carbons (Fsp3) is 0.846. The van der Waals surface area contributed by atoms with E-state index in [-0.39, 0.29) is 23.3 Å². The Morgan fingerprint density at radius 1 is 1.28 bits per heavy atom. The lowest BCUT2D eigenvalue weighted by Gasteiger charge is -2.36. The highest BCUT2D eigenvalue weighted by molar-refractivity contribution is 5.82. The van der Waals surface area contributed by atoms with Gasteiger partial charge in [0, 0.05) is 24.5 Å². The molecule has 1 aliphatic rings. The van der Waals surface area contributed by atoms with Gasteiger partial charge in [-0.25, -0.2) is 0 Å². The van der Waals surface area contributed by atoms with Crippen LogP contribution in [0.2, 0.25) is 0 Å². The molecule has 1 unspecified atom stereocenters. The van der Waals surface area contributed by atoms with E-state index >= 15 is 0 Å². The van der Waals surface area contributed by atoms with Gasteiger partial charge in [-0.05, 0) is 19.8 Å². The van der Waals surface area contributed by atoms with Gasteiger partial charge in [0.05, 0.1) is 6.04 Å². The van der Waals surface area contributed by atoms with E-state index in [4.69, 9.17) is 5.73 Å². The molecule has 0 saturated carbocycles. The van der Waals surface area contributed by atoms with Crippen molar-refractivity contribution in [3.8, 4) is 0 Å². The van der Waals surface area contributed by atoms with Gasteiger partial charge in [-0.1, -0.05) is 20.8 Å². The van der Waals surface area contributed by atoms with Crippen LogP contribution in [0.5, 0.6) is 0 Å². The van der Waals surface area contributed by atoms with Gasteiger partial charge in [-0.15, -0.1) is 0 Å². The Hall–Kier alpha value is -1.10. The zero-order valence-electron chi connectivity index (χ0n) is 11.8. The number of hydrogen-bond donors (Lipinski definition) is 2. The average molecular weight is 255 g/mol. The smallest absolute Gasteiger partial charge is 0.236 e. The largest absolute Gasteiger partial charge is 0.352 e. The van der Waals surface area contributed by atoms with Crippen LogP contribution in [-0.4, -0.2) is 41.9 Å². The van der Waals surface area contributed by atoms with Gasteiger partial charge in [0.1, 0.15) is 0 Å².